The van der Waals surface area contributed by atoms with Gasteiger partial charge in [-0.3, -0.25) is 4.79 Å². The predicted octanol–water partition coefficient (Wildman–Crippen LogP) is 1.08. The third kappa shape index (κ3) is 5.85. The third-order valence-corrected chi connectivity index (χ3v) is 0.913. The van der Waals surface area contributed by atoms with E-state index in [2.05, 4.69) is 0 Å². The highest BCUT2D eigenvalue weighted by Crippen LogP contribution is 2.13. The van der Waals surface area contributed by atoms with Crippen LogP contribution in [0.15, 0.2) is 0 Å². The molecule has 0 amide bonds. The summed E-state index contributed by atoms with van der Waals surface area (Å²) in [6.45, 7) is -8.21. The molecule has 0 radical (unpaired) electrons. The molecular weight excluding hydrogens is 142 g/mol. The van der Waals surface area contributed by atoms with Crippen LogP contribution in [0.5, 0.6) is 0 Å². The van der Waals surface area contributed by atoms with Gasteiger partial charge < -0.3 is 10.8 Å². The van der Waals surface area contributed by atoms with Crippen LogP contribution in [-0.4, -0.2) is 17.6 Å². The Morgan fingerprint density at radius 1 is 1.91 bits per heavy atom. The number of nitrogens with two attached hydrogens (primary N) is 1. The first kappa shape index (κ1) is 2.46. The number of carboxylic acid groups (broad SMARTS) is 1. The van der Waals surface area contributed by atoms with Crippen molar-refractivity contribution in [3.8, 4) is 0 Å². The Balaban J connectivity index is 6.30. The quantitative estimate of drug-likeness (QED) is 0.647. The van der Waals surface area contributed by atoms with Gasteiger partial charge in [-0.25, -0.2) is 0 Å². The Kier molecular flexibility index (Phi) is 1.15. The summed E-state index contributed by atoms with van der Waals surface area (Å²) in [5.41, 5.74) is 5.18. The molecule has 3 nitrogen and oxygen atoms in total. The summed E-state index contributed by atoms with van der Waals surface area (Å²) in [7, 11) is 0. The van der Waals surface area contributed by atoms with E-state index in [-0.39, 0.29) is 0 Å². The van der Waals surface area contributed by atoms with Crippen molar-refractivity contribution in [2.45, 2.75) is 26.5 Å². The summed E-state index contributed by atoms with van der Waals surface area (Å²) in [6.07, 6.45) is -4.77. The maximum atomic E-state index is 10.8. The van der Waals surface area contributed by atoms with Gasteiger partial charge in [0.1, 0.15) is 0 Å². The zero-order valence-electron chi connectivity index (χ0n) is 15.8. The van der Waals surface area contributed by atoms with Crippen LogP contribution in [0.2, 0.25) is 0 Å². The molecule has 0 aromatic carbocycles. The zero-order chi connectivity index (χ0) is 17.5. The van der Waals surface area contributed by atoms with E-state index in [9.17, 15) is 4.79 Å². The van der Waals surface area contributed by atoms with Gasteiger partial charge in [-0.15, -0.1) is 0 Å². The van der Waals surface area contributed by atoms with Crippen LogP contribution < -0.4 is 5.73 Å². The summed E-state index contributed by atoms with van der Waals surface area (Å²) >= 11 is 0. The number of rotatable bonds is 5. The molecule has 0 rings (SSSR count). The van der Waals surface area contributed by atoms with Crippen molar-refractivity contribution in [1.82, 2.24) is 0 Å². The molecule has 0 heterocycles. The first-order chi connectivity index (χ1) is 8.98. The molecule has 0 fully saturated rings. The third-order valence-electron chi connectivity index (χ3n) is 0.913. The van der Waals surface area contributed by atoms with Crippen LogP contribution in [0.25, 0.3) is 0 Å². The van der Waals surface area contributed by atoms with Gasteiger partial charge in [0.25, 0.3) is 0 Å². The number of hydrogen-bond acceptors (Lipinski definition) is 2. The molecule has 0 aliphatic carbocycles. The second kappa shape index (κ2) is 5.13. The minimum Gasteiger partial charge on any atom is -0.481 e. The van der Waals surface area contributed by atoms with Crippen LogP contribution >= 0.6 is 0 Å². The van der Waals surface area contributed by atoms with Crippen LogP contribution in [0.1, 0.15) is 40.2 Å². The van der Waals surface area contributed by atoms with Gasteiger partial charge in [0.05, 0.1) is 0 Å². The highest BCUT2D eigenvalue weighted by molar-refractivity contribution is 5.67. The van der Waals surface area contributed by atoms with E-state index in [1.807, 2.05) is 0 Å². The normalized spacial score (nSPS) is 34.3. The SMILES string of the molecule is [2H]C([2H])([2H])C([2H])(C([2H])([2H])[2H])C([2H])([2H])[C@@]([2H])(CN)CC(=O)O. The predicted molar refractivity (Wildman–Crippen MR) is 44.3 cm³/mol. The van der Waals surface area contributed by atoms with E-state index in [1.165, 1.54) is 0 Å². The number of carboxylic acids is 1. The average Bonchev–Trinajstić information content (AvgIpc) is 2.23. The molecule has 66 valence electrons. The monoisotopic (exact) mass is 169 g/mol. The lowest BCUT2D eigenvalue weighted by Gasteiger charge is -2.13. The Hall–Kier alpha value is -0.570. The molecule has 0 aromatic heterocycles. The highest BCUT2D eigenvalue weighted by Gasteiger charge is 2.12. The maximum absolute atomic E-state index is 10.8. The standard InChI is InChI=1S/C8H17NO2/c1-6(2)3-7(5-9)4-8(10)11/h6-7H,3-5,9H2,1-2H3,(H,10,11)/t7-/m1/s1/i1D3,2D3,3D2,6D,7D. The molecule has 0 saturated carbocycles. The van der Waals surface area contributed by atoms with Gasteiger partial charge in [0, 0.05) is 20.1 Å². The summed E-state index contributed by atoms with van der Waals surface area (Å²) in [5, 5.41) is 8.73. The Labute approximate surface area is 81.6 Å². The Bertz CT molecular complexity index is 389. The fourth-order valence-electron chi connectivity index (χ4n) is 0.527. The number of carbonyl (C=O) groups is 1. The second-order valence-electron chi connectivity index (χ2n) is 1.88. The molecule has 3 N–H and O–H groups in total. The van der Waals surface area contributed by atoms with Crippen LogP contribution in [0.3, 0.4) is 0 Å². The largest absolute Gasteiger partial charge is 0.481 e. The number of hydrogen-bond donors (Lipinski definition) is 2. The van der Waals surface area contributed by atoms with E-state index in [1.54, 1.807) is 0 Å². The molecule has 0 unspecified atom stereocenters. The van der Waals surface area contributed by atoms with E-state index in [0.717, 1.165) is 0 Å². The molecule has 1 atom stereocenters. The molecule has 0 aliphatic heterocycles. The number of aliphatic carboxylic acids is 1. The average molecular weight is 169 g/mol. The van der Waals surface area contributed by atoms with Crippen molar-refractivity contribution in [1.29, 1.82) is 0 Å². The minimum absolute atomic E-state index is 0.959. The van der Waals surface area contributed by atoms with Crippen LogP contribution in [-0.2, 0) is 4.79 Å². The molecule has 0 aliphatic rings. The van der Waals surface area contributed by atoms with Gasteiger partial charge >= 0.3 is 5.97 Å². The lowest BCUT2D eigenvalue weighted by atomic mass is 9.94. The van der Waals surface area contributed by atoms with E-state index in [4.69, 9.17) is 24.5 Å². The zero-order valence-corrected chi connectivity index (χ0v) is 5.85. The van der Waals surface area contributed by atoms with Gasteiger partial charge in [0.2, 0.25) is 0 Å². The topological polar surface area (TPSA) is 63.3 Å². The van der Waals surface area contributed by atoms with Crippen molar-refractivity contribution in [2.75, 3.05) is 6.54 Å². The molecule has 11 heavy (non-hydrogen) atoms. The van der Waals surface area contributed by atoms with E-state index in [0.29, 0.717) is 0 Å². The maximum Gasteiger partial charge on any atom is 0.303 e. The summed E-state index contributed by atoms with van der Waals surface area (Å²) in [6, 6.07) is 0. The fraction of sp³-hybridized carbons (Fsp3) is 0.875. The fourth-order valence-corrected chi connectivity index (χ4v) is 0.527. The van der Waals surface area contributed by atoms with Crippen molar-refractivity contribution in [2.24, 2.45) is 17.5 Å². The van der Waals surface area contributed by atoms with Gasteiger partial charge in [-0.1, -0.05) is 13.7 Å². The van der Waals surface area contributed by atoms with Gasteiger partial charge in [-0.05, 0) is 24.7 Å². The molecule has 0 spiro atoms. The Morgan fingerprint density at radius 2 is 2.55 bits per heavy atom. The smallest absolute Gasteiger partial charge is 0.303 e. The van der Waals surface area contributed by atoms with E-state index < -0.39 is 50.8 Å². The molecule has 0 saturated heterocycles. The van der Waals surface area contributed by atoms with Crippen molar-refractivity contribution in [3.63, 3.8) is 0 Å². The highest BCUT2D eigenvalue weighted by atomic mass is 16.4. The minimum atomic E-state index is -3.70. The summed E-state index contributed by atoms with van der Waals surface area (Å²) in [4.78, 5) is 10.8. The Morgan fingerprint density at radius 3 is 2.91 bits per heavy atom. The second-order valence-corrected chi connectivity index (χ2v) is 1.88. The molecule has 0 aromatic rings. The van der Waals surface area contributed by atoms with E-state index >= 15 is 0 Å². The van der Waals surface area contributed by atoms with Crippen LogP contribution in [0.4, 0.5) is 0 Å². The molecular formula is C8H17NO2. The van der Waals surface area contributed by atoms with Gasteiger partial charge in [0.15, 0.2) is 0 Å². The lowest BCUT2D eigenvalue weighted by molar-refractivity contribution is -0.138. The van der Waals surface area contributed by atoms with Crippen LogP contribution in [0, 0.1) is 11.8 Å². The first-order valence-electron chi connectivity index (χ1n) is 7.90. The molecule has 0 bridgehead atoms. The summed E-state index contributed by atoms with van der Waals surface area (Å²) < 4.78 is 74.4. The molecule has 3 heteroatoms. The summed E-state index contributed by atoms with van der Waals surface area (Å²) in [5.74, 6) is -8.15. The van der Waals surface area contributed by atoms with Crippen molar-refractivity contribution >= 4 is 5.97 Å². The first-order valence-corrected chi connectivity index (χ1v) is 2.90. The van der Waals surface area contributed by atoms with Crippen molar-refractivity contribution < 1.29 is 23.6 Å². The van der Waals surface area contributed by atoms with Gasteiger partial charge in [-0.2, -0.15) is 0 Å². The lowest BCUT2D eigenvalue weighted by Crippen LogP contribution is -2.19. The van der Waals surface area contributed by atoms with Crippen molar-refractivity contribution in [3.05, 3.63) is 0 Å².